The van der Waals surface area contributed by atoms with Gasteiger partial charge in [-0.2, -0.15) is 0 Å². The molecule has 2 aromatic rings. The van der Waals surface area contributed by atoms with Crippen molar-refractivity contribution in [1.82, 2.24) is 5.32 Å². The molecule has 3 rings (SSSR count). The lowest BCUT2D eigenvalue weighted by molar-refractivity contribution is -0.120. The summed E-state index contributed by atoms with van der Waals surface area (Å²) >= 11 is 3.48. The van der Waals surface area contributed by atoms with Crippen LogP contribution in [0.4, 0.5) is 0 Å². The first-order valence-electron chi connectivity index (χ1n) is 8.17. The van der Waals surface area contributed by atoms with Gasteiger partial charge in [-0.15, -0.1) is 0 Å². The van der Waals surface area contributed by atoms with Crippen LogP contribution in [0.5, 0.6) is 23.0 Å². The quantitative estimate of drug-likeness (QED) is 0.743. The summed E-state index contributed by atoms with van der Waals surface area (Å²) in [4.78, 5) is 12.2. The number of carbonyl (C=O) groups excluding carboxylic acids is 1. The highest BCUT2D eigenvalue weighted by Gasteiger charge is 2.20. The molecule has 0 unspecified atom stereocenters. The van der Waals surface area contributed by atoms with Gasteiger partial charge in [-0.3, -0.25) is 4.79 Å². The minimum atomic E-state index is -0.0509. The number of nitrogens with one attached hydrogen (secondary N) is 1. The fourth-order valence-corrected chi connectivity index (χ4v) is 3.32. The molecule has 1 amide bonds. The van der Waals surface area contributed by atoms with Crippen LogP contribution in [-0.2, 0) is 17.6 Å². The van der Waals surface area contributed by atoms with Crippen molar-refractivity contribution in [2.45, 2.75) is 12.8 Å². The zero-order valence-corrected chi connectivity index (χ0v) is 16.2. The summed E-state index contributed by atoms with van der Waals surface area (Å²) in [5, 5.41) is 2.94. The molecule has 0 bridgehead atoms. The van der Waals surface area contributed by atoms with Crippen LogP contribution in [0.2, 0.25) is 0 Å². The van der Waals surface area contributed by atoms with Crippen molar-refractivity contribution in [1.29, 1.82) is 0 Å². The van der Waals surface area contributed by atoms with Crippen LogP contribution in [0, 0.1) is 0 Å². The van der Waals surface area contributed by atoms with E-state index in [2.05, 4.69) is 21.2 Å². The molecular weight excluding hydrogens is 402 g/mol. The Labute approximate surface area is 160 Å². The molecule has 26 heavy (non-hydrogen) atoms. The number of ether oxygens (including phenoxy) is 4. The molecule has 0 atom stereocenters. The average Bonchev–Trinajstić information content (AvgIpc) is 3.13. The van der Waals surface area contributed by atoms with Crippen LogP contribution in [0.25, 0.3) is 0 Å². The maximum atomic E-state index is 12.2. The fourth-order valence-electron chi connectivity index (χ4n) is 2.73. The van der Waals surface area contributed by atoms with Gasteiger partial charge in [0.15, 0.2) is 23.0 Å². The van der Waals surface area contributed by atoms with E-state index in [-0.39, 0.29) is 19.1 Å². The van der Waals surface area contributed by atoms with Gasteiger partial charge in [-0.25, -0.2) is 0 Å². The molecule has 0 radical (unpaired) electrons. The number of hydrogen-bond acceptors (Lipinski definition) is 5. The highest BCUT2D eigenvalue weighted by atomic mass is 79.9. The summed E-state index contributed by atoms with van der Waals surface area (Å²) in [5.41, 5.74) is 1.92. The molecule has 1 heterocycles. The van der Waals surface area contributed by atoms with Gasteiger partial charge in [0.05, 0.1) is 25.1 Å². The number of fused-ring (bicyclic) bond motifs is 1. The van der Waals surface area contributed by atoms with Crippen molar-refractivity contribution in [2.75, 3.05) is 27.6 Å². The number of amides is 1. The highest BCUT2D eigenvalue weighted by Crippen LogP contribution is 2.41. The minimum absolute atomic E-state index is 0.0509. The first kappa shape index (κ1) is 18.4. The van der Waals surface area contributed by atoms with Crippen molar-refractivity contribution in [2.24, 2.45) is 0 Å². The molecule has 1 N–H and O–H groups in total. The van der Waals surface area contributed by atoms with Gasteiger partial charge >= 0.3 is 0 Å². The van der Waals surface area contributed by atoms with E-state index in [1.54, 1.807) is 14.2 Å². The summed E-state index contributed by atoms with van der Waals surface area (Å²) in [6.07, 6.45) is 0.970. The topological polar surface area (TPSA) is 66.0 Å². The third-order valence-corrected chi connectivity index (χ3v) is 4.96. The zero-order chi connectivity index (χ0) is 18.5. The standard InChI is InChI=1S/C19H20BrNO5/c1-23-14-5-3-12(9-16(14)24-2)7-8-21-17(22)10-13-4-6-15-19(18(13)20)26-11-25-15/h3-6,9H,7-8,10-11H2,1-2H3,(H,21,22). The number of methoxy groups -OCH3 is 2. The minimum Gasteiger partial charge on any atom is -0.493 e. The fraction of sp³-hybridized carbons (Fsp3) is 0.316. The van der Waals surface area contributed by atoms with Gasteiger partial charge in [0.1, 0.15) is 0 Å². The number of benzene rings is 2. The van der Waals surface area contributed by atoms with Gasteiger partial charge in [-0.05, 0) is 51.7 Å². The largest absolute Gasteiger partial charge is 0.493 e. The summed E-state index contributed by atoms with van der Waals surface area (Å²) in [5.74, 6) is 2.66. The Morgan fingerprint density at radius 2 is 1.96 bits per heavy atom. The van der Waals surface area contributed by atoms with Gasteiger partial charge in [0.2, 0.25) is 12.7 Å². The monoisotopic (exact) mass is 421 g/mol. The van der Waals surface area contributed by atoms with E-state index in [9.17, 15) is 4.79 Å². The first-order valence-corrected chi connectivity index (χ1v) is 8.96. The molecule has 1 aliphatic heterocycles. The second-order valence-corrected chi connectivity index (χ2v) is 6.53. The van der Waals surface area contributed by atoms with Gasteiger partial charge in [0.25, 0.3) is 0 Å². The molecule has 0 saturated carbocycles. The molecule has 0 saturated heterocycles. The molecule has 0 fully saturated rings. The van der Waals surface area contributed by atoms with Crippen molar-refractivity contribution in [3.8, 4) is 23.0 Å². The normalized spacial score (nSPS) is 12.0. The number of rotatable bonds is 7. The summed E-state index contributed by atoms with van der Waals surface area (Å²) < 4.78 is 22.0. The molecule has 6 nitrogen and oxygen atoms in total. The highest BCUT2D eigenvalue weighted by molar-refractivity contribution is 9.10. The molecule has 1 aliphatic rings. The second-order valence-electron chi connectivity index (χ2n) is 5.74. The lowest BCUT2D eigenvalue weighted by Gasteiger charge is -2.11. The smallest absolute Gasteiger partial charge is 0.231 e. The average molecular weight is 422 g/mol. The molecule has 2 aromatic carbocycles. The Kier molecular flexibility index (Phi) is 5.88. The maximum absolute atomic E-state index is 12.2. The van der Waals surface area contributed by atoms with E-state index in [0.29, 0.717) is 36.0 Å². The first-order chi connectivity index (χ1) is 12.6. The molecule has 0 aromatic heterocycles. The van der Waals surface area contributed by atoms with E-state index >= 15 is 0 Å². The third-order valence-electron chi connectivity index (χ3n) is 4.09. The van der Waals surface area contributed by atoms with Crippen LogP contribution < -0.4 is 24.3 Å². The van der Waals surface area contributed by atoms with Gasteiger partial charge in [-0.1, -0.05) is 12.1 Å². The molecule has 7 heteroatoms. The van der Waals surface area contributed by atoms with E-state index in [0.717, 1.165) is 15.6 Å². The van der Waals surface area contributed by atoms with Gasteiger partial charge in [0, 0.05) is 6.54 Å². The Bertz CT molecular complexity index is 809. The van der Waals surface area contributed by atoms with Crippen molar-refractivity contribution in [3.05, 3.63) is 45.9 Å². The lowest BCUT2D eigenvalue weighted by atomic mass is 10.1. The number of carbonyl (C=O) groups is 1. The Morgan fingerprint density at radius 1 is 1.15 bits per heavy atom. The van der Waals surface area contributed by atoms with Crippen LogP contribution in [-0.4, -0.2) is 33.5 Å². The van der Waals surface area contributed by atoms with E-state index in [4.69, 9.17) is 18.9 Å². The number of hydrogen-bond donors (Lipinski definition) is 1. The maximum Gasteiger partial charge on any atom is 0.231 e. The van der Waals surface area contributed by atoms with Crippen LogP contribution >= 0.6 is 15.9 Å². The summed E-state index contributed by atoms with van der Waals surface area (Å²) in [7, 11) is 3.21. The second kappa shape index (κ2) is 8.31. The number of halogens is 1. The Balaban J connectivity index is 1.54. The summed E-state index contributed by atoms with van der Waals surface area (Å²) in [6.45, 7) is 0.741. The zero-order valence-electron chi connectivity index (χ0n) is 14.6. The predicted molar refractivity (Wildman–Crippen MR) is 100 cm³/mol. The van der Waals surface area contributed by atoms with Gasteiger partial charge < -0.3 is 24.3 Å². The molecule has 0 spiro atoms. The van der Waals surface area contributed by atoms with E-state index in [1.807, 2.05) is 30.3 Å². The lowest BCUT2D eigenvalue weighted by Crippen LogP contribution is -2.27. The molecule has 0 aliphatic carbocycles. The van der Waals surface area contributed by atoms with E-state index < -0.39 is 0 Å². The predicted octanol–water partition coefficient (Wildman–Crippen LogP) is 3.10. The Hall–Kier alpha value is -2.41. The van der Waals surface area contributed by atoms with Crippen LogP contribution in [0.3, 0.4) is 0 Å². The summed E-state index contributed by atoms with van der Waals surface area (Å²) in [6, 6.07) is 9.42. The molecule has 138 valence electrons. The van der Waals surface area contributed by atoms with Crippen molar-refractivity contribution in [3.63, 3.8) is 0 Å². The van der Waals surface area contributed by atoms with Crippen molar-refractivity contribution < 1.29 is 23.7 Å². The SMILES string of the molecule is COc1ccc(CCNC(=O)Cc2ccc3c(c2Br)OCO3)cc1OC. The molecular formula is C19H20BrNO5. The van der Waals surface area contributed by atoms with Crippen LogP contribution in [0.15, 0.2) is 34.8 Å². The van der Waals surface area contributed by atoms with E-state index in [1.165, 1.54) is 0 Å². The van der Waals surface area contributed by atoms with Crippen LogP contribution in [0.1, 0.15) is 11.1 Å². The Morgan fingerprint density at radius 3 is 2.73 bits per heavy atom. The van der Waals surface area contributed by atoms with Crippen molar-refractivity contribution >= 4 is 21.8 Å². The third kappa shape index (κ3) is 4.04.